The molecule has 1 heterocycles. The molecule has 5 nitrogen and oxygen atoms in total. The number of phenolic OH excluding ortho intramolecular Hbond substituents is 1. The lowest BCUT2D eigenvalue weighted by molar-refractivity contribution is -0.122. The quantitative estimate of drug-likeness (QED) is 0.869. The summed E-state index contributed by atoms with van der Waals surface area (Å²) in [6.45, 7) is 0.848. The zero-order valence-corrected chi connectivity index (χ0v) is 13.4. The molecule has 0 radical (unpaired) electrons. The first-order valence-corrected chi connectivity index (χ1v) is 8.02. The summed E-state index contributed by atoms with van der Waals surface area (Å²) in [7, 11) is 3.10. The van der Waals surface area contributed by atoms with E-state index in [1.165, 1.54) is 0 Å². The Kier molecular flexibility index (Phi) is 3.17. The summed E-state index contributed by atoms with van der Waals surface area (Å²) in [4.78, 5) is 12.5. The van der Waals surface area contributed by atoms with Crippen molar-refractivity contribution in [3.05, 3.63) is 35.1 Å². The molecule has 2 N–H and O–H groups in total. The van der Waals surface area contributed by atoms with E-state index in [1.54, 1.807) is 14.2 Å². The van der Waals surface area contributed by atoms with Gasteiger partial charge < -0.3 is 19.9 Å². The number of carbonyl (C=O) groups excluding carboxylic acids is 1. The Bertz CT molecular complexity index is 711. The number of hydrogen-bond acceptors (Lipinski definition) is 5. The van der Waals surface area contributed by atoms with Crippen LogP contribution in [0.5, 0.6) is 11.5 Å². The lowest BCUT2D eigenvalue weighted by atomic mass is 9.54. The summed E-state index contributed by atoms with van der Waals surface area (Å²) in [6.07, 6.45) is 4.00. The van der Waals surface area contributed by atoms with Gasteiger partial charge in [-0.1, -0.05) is 6.07 Å². The molecule has 0 saturated carbocycles. The number of Topliss-reactive ketones (excluding diaryl/α,β-unsaturated/α-hetero) is 1. The Labute approximate surface area is 135 Å². The van der Waals surface area contributed by atoms with Crippen LogP contribution in [0.4, 0.5) is 0 Å². The lowest BCUT2D eigenvalue weighted by Gasteiger charge is -2.53. The molecule has 0 amide bonds. The third-order valence-electron chi connectivity index (χ3n) is 5.74. The zero-order chi connectivity index (χ0) is 16.2. The number of aromatic hydroxyl groups is 1. The van der Waals surface area contributed by atoms with Crippen LogP contribution in [0.1, 0.15) is 24.0 Å². The standard InChI is InChI=1S/C18H21NO4/c1-22-14-4-3-10-7-12-11-8-15(23-2)13(20)9-18(11,5-6-19-12)16(10)17(14)21/h3-4,8,11-12,19,21H,5-7,9H2,1-2H3/t11-,12-,18+/m1/s1. The third kappa shape index (κ3) is 1.86. The number of allylic oxidation sites excluding steroid dienone is 1. The van der Waals surface area contributed by atoms with Gasteiger partial charge in [0.1, 0.15) is 0 Å². The molecule has 23 heavy (non-hydrogen) atoms. The van der Waals surface area contributed by atoms with E-state index in [1.807, 2.05) is 18.2 Å². The third-order valence-corrected chi connectivity index (χ3v) is 5.74. The molecule has 3 aliphatic rings. The molecule has 0 spiro atoms. The molecule has 1 aliphatic heterocycles. The monoisotopic (exact) mass is 315 g/mol. The summed E-state index contributed by atoms with van der Waals surface area (Å²) in [5.41, 5.74) is 1.65. The maximum absolute atomic E-state index is 12.5. The normalized spacial score (nSPS) is 31.7. The van der Waals surface area contributed by atoms with Gasteiger partial charge in [0.2, 0.25) is 0 Å². The summed E-state index contributed by atoms with van der Waals surface area (Å²) in [6, 6.07) is 4.09. The zero-order valence-electron chi connectivity index (χ0n) is 13.4. The largest absolute Gasteiger partial charge is 0.504 e. The predicted octanol–water partition coefficient (Wildman–Crippen LogP) is 1.68. The van der Waals surface area contributed by atoms with Crippen LogP contribution in [0.15, 0.2) is 24.0 Å². The van der Waals surface area contributed by atoms with Gasteiger partial charge in [-0.05, 0) is 37.1 Å². The van der Waals surface area contributed by atoms with Gasteiger partial charge in [-0.2, -0.15) is 0 Å². The minimum atomic E-state index is -0.360. The van der Waals surface area contributed by atoms with Gasteiger partial charge in [0.05, 0.1) is 14.2 Å². The maximum atomic E-state index is 12.5. The van der Waals surface area contributed by atoms with Crippen molar-refractivity contribution in [1.29, 1.82) is 0 Å². The van der Waals surface area contributed by atoms with Gasteiger partial charge in [-0.15, -0.1) is 0 Å². The van der Waals surface area contributed by atoms with Crippen LogP contribution in [0, 0.1) is 5.92 Å². The van der Waals surface area contributed by atoms with E-state index in [0.717, 1.165) is 30.5 Å². The Hall–Kier alpha value is -2.01. The minimum Gasteiger partial charge on any atom is -0.504 e. The number of ether oxygens (including phenoxy) is 2. The molecular weight excluding hydrogens is 294 g/mol. The molecule has 1 aromatic rings. The lowest BCUT2D eigenvalue weighted by Crippen LogP contribution is -2.60. The van der Waals surface area contributed by atoms with Crippen molar-refractivity contribution >= 4 is 5.78 Å². The number of ketones is 1. The summed E-state index contributed by atoms with van der Waals surface area (Å²) < 4.78 is 10.6. The Morgan fingerprint density at radius 3 is 2.87 bits per heavy atom. The number of fused-ring (bicyclic) bond motifs is 1. The number of hydrogen-bond donors (Lipinski definition) is 2. The predicted molar refractivity (Wildman–Crippen MR) is 84.7 cm³/mol. The van der Waals surface area contributed by atoms with Crippen LogP contribution in [0.25, 0.3) is 0 Å². The molecule has 1 aromatic carbocycles. The summed E-state index contributed by atoms with van der Waals surface area (Å²) >= 11 is 0. The van der Waals surface area contributed by atoms with Crippen LogP contribution >= 0.6 is 0 Å². The van der Waals surface area contributed by atoms with Crippen molar-refractivity contribution < 1.29 is 19.4 Å². The fourth-order valence-corrected chi connectivity index (χ4v) is 4.77. The summed E-state index contributed by atoms with van der Waals surface area (Å²) in [5.74, 6) is 1.28. The topological polar surface area (TPSA) is 67.8 Å². The van der Waals surface area contributed by atoms with Gasteiger partial charge in [-0.3, -0.25) is 4.79 Å². The van der Waals surface area contributed by atoms with E-state index >= 15 is 0 Å². The molecule has 1 saturated heterocycles. The Balaban J connectivity index is 1.96. The number of nitrogens with one attached hydrogen (secondary N) is 1. The van der Waals surface area contributed by atoms with Gasteiger partial charge >= 0.3 is 0 Å². The highest BCUT2D eigenvalue weighted by atomic mass is 16.5. The van der Waals surface area contributed by atoms with E-state index in [0.29, 0.717) is 17.9 Å². The second kappa shape index (κ2) is 4.99. The highest BCUT2D eigenvalue weighted by molar-refractivity contribution is 5.96. The van der Waals surface area contributed by atoms with Crippen molar-refractivity contribution in [1.82, 2.24) is 5.32 Å². The van der Waals surface area contributed by atoms with Crippen molar-refractivity contribution in [2.75, 3.05) is 20.8 Å². The van der Waals surface area contributed by atoms with E-state index in [2.05, 4.69) is 5.32 Å². The van der Waals surface area contributed by atoms with Crippen molar-refractivity contribution in [2.45, 2.75) is 30.7 Å². The highest BCUT2D eigenvalue weighted by Crippen LogP contribution is 2.56. The number of carbonyl (C=O) groups is 1. The van der Waals surface area contributed by atoms with E-state index in [-0.39, 0.29) is 28.9 Å². The van der Waals surface area contributed by atoms with Gasteiger partial charge in [0.15, 0.2) is 23.0 Å². The van der Waals surface area contributed by atoms with Crippen LogP contribution in [0.3, 0.4) is 0 Å². The van der Waals surface area contributed by atoms with E-state index in [4.69, 9.17) is 9.47 Å². The average Bonchev–Trinajstić information content (AvgIpc) is 2.53. The minimum absolute atomic E-state index is 0.0134. The second-order valence-corrected chi connectivity index (χ2v) is 6.68. The smallest absolute Gasteiger partial charge is 0.197 e. The van der Waals surface area contributed by atoms with Crippen LogP contribution in [0.2, 0.25) is 0 Å². The maximum Gasteiger partial charge on any atom is 0.197 e. The fraction of sp³-hybridized carbons (Fsp3) is 0.500. The SMILES string of the molecule is COC1=C[C@@H]2[C@H]3Cc4ccc(OC)c(O)c4[C@@]2(CCN3)CC1=O. The number of piperidine rings is 1. The molecule has 3 atom stereocenters. The number of rotatable bonds is 2. The molecule has 4 rings (SSSR count). The number of phenols is 1. The molecular formula is C18H21NO4. The number of methoxy groups -OCH3 is 2. The first-order valence-electron chi connectivity index (χ1n) is 8.02. The van der Waals surface area contributed by atoms with Crippen LogP contribution < -0.4 is 10.1 Å². The van der Waals surface area contributed by atoms with Gasteiger partial charge in [0, 0.05) is 29.4 Å². The Morgan fingerprint density at radius 1 is 1.30 bits per heavy atom. The molecule has 122 valence electrons. The molecule has 0 aromatic heterocycles. The van der Waals surface area contributed by atoms with Crippen LogP contribution in [-0.4, -0.2) is 37.7 Å². The molecule has 5 heteroatoms. The summed E-state index contributed by atoms with van der Waals surface area (Å²) in [5, 5.41) is 14.3. The number of benzene rings is 1. The van der Waals surface area contributed by atoms with Gasteiger partial charge in [0.25, 0.3) is 0 Å². The average molecular weight is 315 g/mol. The van der Waals surface area contributed by atoms with E-state index < -0.39 is 0 Å². The fourth-order valence-electron chi connectivity index (χ4n) is 4.77. The molecule has 0 unspecified atom stereocenters. The van der Waals surface area contributed by atoms with E-state index in [9.17, 15) is 9.90 Å². The highest BCUT2D eigenvalue weighted by Gasteiger charge is 2.55. The first-order chi connectivity index (χ1) is 11.1. The van der Waals surface area contributed by atoms with Crippen molar-refractivity contribution in [3.8, 4) is 11.5 Å². The molecule has 1 fully saturated rings. The van der Waals surface area contributed by atoms with Crippen LogP contribution in [-0.2, 0) is 21.4 Å². The molecule has 2 aliphatic carbocycles. The molecule has 2 bridgehead atoms. The van der Waals surface area contributed by atoms with Crippen molar-refractivity contribution in [3.63, 3.8) is 0 Å². The van der Waals surface area contributed by atoms with Gasteiger partial charge in [-0.25, -0.2) is 0 Å². The van der Waals surface area contributed by atoms with Crippen molar-refractivity contribution in [2.24, 2.45) is 5.92 Å². The Morgan fingerprint density at radius 2 is 2.13 bits per heavy atom. The first kappa shape index (κ1) is 14.6. The second-order valence-electron chi connectivity index (χ2n) is 6.68.